The summed E-state index contributed by atoms with van der Waals surface area (Å²) in [5.74, 6) is 4.99. The number of hydrogen-bond donors (Lipinski definition) is 0. The largest absolute Gasteiger partial charge is 0.362 e. The Kier molecular flexibility index (Phi) is 6.87. The summed E-state index contributed by atoms with van der Waals surface area (Å²) in [5, 5.41) is 0. The number of hydrogen-bond acceptors (Lipinski definition) is 2. The van der Waals surface area contributed by atoms with Crippen molar-refractivity contribution in [2.24, 2.45) is 46.3 Å². The first-order chi connectivity index (χ1) is 13.9. The molecule has 4 saturated carbocycles. The van der Waals surface area contributed by atoms with E-state index in [1.807, 2.05) is 0 Å². The smallest absolute Gasteiger partial charge is 0.158 e. The standard InChI is InChI=1S/C25H44O2P2/c1-5-6-7-16(2)19-8-9-20-18-15-23(27-28)22-14-17(29-26)10-12-25(22,4)21(18)11-13-24(19,20)3/h16-23H,5-15,28H2,1-4H3/t16?,17-,18?,19?,20?,21?,22+,23+,24-,25-/m1/s1. The van der Waals surface area contributed by atoms with Crippen LogP contribution in [-0.4, -0.2) is 11.8 Å². The first-order valence-corrected chi connectivity index (χ1v) is 13.9. The summed E-state index contributed by atoms with van der Waals surface area (Å²) < 4.78 is 17.7. The third-order valence-electron chi connectivity index (χ3n) is 10.7. The van der Waals surface area contributed by atoms with Crippen LogP contribution in [0.15, 0.2) is 0 Å². The molecule has 0 aliphatic heterocycles. The van der Waals surface area contributed by atoms with Crippen LogP contribution < -0.4 is 0 Å². The minimum atomic E-state index is 0.342. The normalized spacial score (nSPS) is 50.6. The SMILES string of the molecule is CCCCC(C)C1CCC2C3C[C@H](OP)[C@@H]4C[C@H](P=O)CC[C@]4(C)C3CC[C@]12C. The molecule has 4 aliphatic rings. The van der Waals surface area contributed by atoms with Crippen molar-refractivity contribution >= 4 is 17.9 Å². The fourth-order valence-electron chi connectivity index (χ4n) is 9.20. The van der Waals surface area contributed by atoms with Gasteiger partial charge in [0.2, 0.25) is 0 Å². The summed E-state index contributed by atoms with van der Waals surface area (Å²) in [7, 11) is 2.96. The molecule has 0 bridgehead atoms. The Labute approximate surface area is 183 Å². The van der Waals surface area contributed by atoms with Crippen molar-refractivity contribution in [3.05, 3.63) is 0 Å². The Balaban J connectivity index is 1.58. The molecule has 0 aromatic carbocycles. The minimum Gasteiger partial charge on any atom is -0.362 e. The molecular formula is C25H44O2P2. The second-order valence-electron chi connectivity index (χ2n) is 11.8. The van der Waals surface area contributed by atoms with Crippen molar-refractivity contribution in [2.75, 3.05) is 0 Å². The Morgan fingerprint density at radius 2 is 1.76 bits per heavy atom. The topological polar surface area (TPSA) is 26.3 Å². The molecule has 0 aromatic heterocycles. The van der Waals surface area contributed by atoms with Gasteiger partial charge in [0.15, 0.2) is 8.46 Å². The van der Waals surface area contributed by atoms with Crippen LogP contribution in [0, 0.1) is 46.3 Å². The van der Waals surface area contributed by atoms with Crippen molar-refractivity contribution in [3.63, 3.8) is 0 Å². The molecule has 29 heavy (non-hydrogen) atoms. The molecule has 4 aliphatic carbocycles. The zero-order valence-corrected chi connectivity index (χ0v) is 21.3. The van der Waals surface area contributed by atoms with Gasteiger partial charge in [-0.15, -0.1) is 0 Å². The maximum absolute atomic E-state index is 11.6. The molecule has 11 atom stereocenters. The number of fused-ring (bicyclic) bond motifs is 5. The van der Waals surface area contributed by atoms with E-state index < -0.39 is 0 Å². The average Bonchev–Trinajstić information content (AvgIpc) is 3.08. The van der Waals surface area contributed by atoms with Crippen LogP contribution >= 0.6 is 17.9 Å². The zero-order valence-electron chi connectivity index (χ0n) is 19.2. The highest BCUT2D eigenvalue weighted by molar-refractivity contribution is 7.24. The molecule has 0 N–H and O–H groups in total. The molecule has 4 heteroatoms. The van der Waals surface area contributed by atoms with Gasteiger partial charge in [-0.05, 0) is 97.7 Å². The van der Waals surface area contributed by atoms with Crippen molar-refractivity contribution in [2.45, 2.75) is 110 Å². The number of rotatable bonds is 6. The molecule has 0 heterocycles. The van der Waals surface area contributed by atoms with Crippen LogP contribution in [0.4, 0.5) is 0 Å². The lowest BCUT2D eigenvalue weighted by Crippen LogP contribution is -2.58. The molecule has 0 spiro atoms. The summed E-state index contributed by atoms with van der Waals surface area (Å²) >= 11 is 0. The van der Waals surface area contributed by atoms with Crippen LogP contribution in [0.1, 0.15) is 98.3 Å². The lowest BCUT2D eigenvalue weighted by atomic mass is 9.44. The van der Waals surface area contributed by atoms with Gasteiger partial charge in [0.1, 0.15) is 0 Å². The van der Waals surface area contributed by atoms with Gasteiger partial charge in [0.05, 0.1) is 6.10 Å². The Hall–Kier alpha value is 0.490. The van der Waals surface area contributed by atoms with Crippen molar-refractivity contribution in [1.82, 2.24) is 0 Å². The second-order valence-corrected chi connectivity index (χ2v) is 13.0. The Bertz CT molecular complexity index is 597. The number of unbranched alkanes of at least 4 members (excludes halogenated alkanes) is 1. The summed E-state index contributed by atoms with van der Waals surface area (Å²) in [6.07, 6.45) is 15.0. The van der Waals surface area contributed by atoms with Gasteiger partial charge >= 0.3 is 0 Å². The van der Waals surface area contributed by atoms with Gasteiger partial charge in [-0.3, -0.25) is 4.57 Å². The molecule has 4 fully saturated rings. The van der Waals surface area contributed by atoms with E-state index in [0.717, 1.165) is 42.4 Å². The summed E-state index contributed by atoms with van der Waals surface area (Å²) in [5.41, 5.74) is 1.29. The van der Waals surface area contributed by atoms with E-state index in [1.165, 1.54) is 57.8 Å². The lowest BCUT2D eigenvalue weighted by molar-refractivity contribution is -0.149. The van der Waals surface area contributed by atoms with Gasteiger partial charge in [-0.25, -0.2) is 0 Å². The fraction of sp³-hybridized carbons (Fsp3) is 1.00. The predicted octanol–water partition coefficient (Wildman–Crippen LogP) is 7.92. The van der Waals surface area contributed by atoms with E-state index in [9.17, 15) is 4.57 Å². The van der Waals surface area contributed by atoms with Crippen molar-refractivity contribution < 1.29 is 9.09 Å². The quantitative estimate of drug-likeness (QED) is 0.394. The van der Waals surface area contributed by atoms with Gasteiger partial charge in [-0.1, -0.05) is 47.0 Å². The molecule has 0 amide bonds. The maximum atomic E-state index is 11.6. The van der Waals surface area contributed by atoms with Crippen LogP contribution in [-0.2, 0) is 9.09 Å². The maximum Gasteiger partial charge on any atom is 0.158 e. The molecule has 6 unspecified atom stereocenters. The molecule has 0 saturated heterocycles. The van der Waals surface area contributed by atoms with Crippen LogP contribution in [0.3, 0.4) is 0 Å². The summed E-state index contributed by atoms with van der Waals surface area (Å²) in [6.45, 7) is 10.1. The van der Waals surface area contributed by atoms with E-state index in [4.69, 9.17) is 4.52 Å². The fourth-order valence-corrected chi connectivity index (χ4v) is 10.0. The Morgan fingerprint density at radius 1 is 1.03 bits per heavy atom. The molecular weight excluding hydrogens is 394 g/mol. The predicted molar refractivity (Wildman–Crippen MR) is 125 cm³/mol. The zero-order chi connectivity index (χ0) is 20.8. The summed E-state index contributed by atoms with van der Waals surface area (Å²) in [4.78, 5) is 0. The monoisotopic (exact) mass is 438 g/mol. The van der Waals surface area contributed by atoms with Crippen molar-refractivity contribution in [1.29, 1.82) is 0 Å². The molecule has 0 radical (unpaired) electrons. The van der Waals surface area contributed by atoms with E-state index in [-0.39, 0.29) is 0 Å². The van der Waals surface area contributed by atoms with E-state index in [1.54, 1.807) is 0 Å². The average molecular weight is 439 g/mol. The van der Waals surface area contributed by atoms with E-state index in [2.05, 4.69) is 37.2 Å². The van der Waals surface area contributed by atoms with Gasteiger partial charge in [0.25, 0.3) is 0 Å². The lowest BCUT2D eigenvalue weighted by Gasteiger charge is -2.62. The first kappa shape index (κ1) is 22.7. The van der Waals surface area contributed by atoms with Gasteiger partial charge in [-0.2, -0.15) is 0 Å². The van der Waals surface area contributed by atoms with Gasteiger partial charge < -0.3 is 4.52 Å². The highest BCUT2D eigenvalue weighted by Crippen LogP contribution is 2.69. The second kappa shape index (κ2) is 8.79. The highest BCUT2D eigenvalue weighted by atomic mass is 31.1. The first-order valence-electron chi connectivity index (χ1n) is 12.6. The van der Waals surface area contributed by atoms with Crippen LogP contribution in [0.5, 0.6) is 0 Å². The minimum absolute atomic E-state index is 0.342. The third kappa shape index (κ3) is 3.70. The molecule has 4 rings (SSSR count). The Morgan fingerprint density at radius 3 is 2.45 bits per heavy atom. The van der Waals surface area contributed by atoms with Crippen molar-refractivity contribution in [3.8, 4) is 0 Å². The van der Waals surface area contributed by atoms with Gasteiger partial charge in [0, 0.05) is 15.1 Å². The highest BCUT2D eigenvalue weighted by Gasteiger charge is 2.62. The van der Waals surface area contributed by atoms with Crippen LogP contribution in [0.25, 0.3) is 0 Å². The third-order valence-corrected chi connectivity index (χ3v) is 11.8. The molecule has 0 aromatic rings. The van der Waals surface area contributed by atoms with E-state index in [0.29, 0.717) is 37.0 Å². The summed E-state index contributed by atoms with van der Waals surface area (Å²) in [6, 6.07) is 0. The van der Waals surface area contributed by atoms with E-state index >= 15 is 0 Å². The van der Waals surface area contributed by atoms with Crippen LogP contribution in [0.2, 0.25) is 0 Å². The molecule has 166 valence electrons. The molecule has 2 nitrogen and oxygen atoms in total.